The first-order valence-electron chi connectivity index (χ1n) is 12.5. The van der Waals surface area contributed by atoms with Gasteiger partial charge in [-0.15, -0.1) is 0 Å². The minimum Gasteiger partial charge on any atom is -0.371 e. The third-order valence-electron chi connectivity index (χ3n) is 7.49. The fourth-order valence-electron chi connectivity index (χ4n) is 5.82. The van der Waals surface area contributed by atoms with Gasteiger partial charge >= 0.3 is 0 Å². The van der Waals surface area contributed by atoms with Crippen LogP contribution in [0, 0.1) is 10.1 Å². The molecule has 4 aromatic carbocycles. The molecule has 0 N–H and O–H groups in total. The molecule has 2 aliphatic rings. The SMILES string of the molecule is O=[N+]([O-])c1ccccc1C=Nc1cc2c3c(c1)[C@H](c1ccccc1)CCN3CC[C@H]2c1ccccc1. The molecule has 0 saturated carbocycles. The van der Waals surface area contributed by atoms with Crippen molar-refractivity contribution in [3.05, 3.63) is 135 Å². The second-order valence-electron chi connectivity index (χ2n) is 9.54. The zero-order chi connectivity index (χ0) is 24.5. The molecule has 36 heavy (non-hydrogen) atoms. The van der Waals surface area contributed by atoms with Gasteiger partial charge in [0.25, 0.3) is 5.69 Å². The molecule has 0 aliphatic carbocycles. The molecule has 178 valence electrons. The summed E-state index contributed by atoms with van der Waals surface area (Å²) in [6.07, 6.45) is 3.75. The lowest BCUT2D eigenvalue weighted by Crippen LogP contribution is -2.37. The molecule has 0 fully saturated rings. The predicted octanol–water partition coefficient (Wildman–Crippen LogP) is 7.22. The highest BCUT2D eigenvalue weighted by Crippen LogP contribution is 2.49. The number of aliphatic imine (C=N–C) groups is 1. The molecule has 6 rings (SSSR count). The number of nitro groups is 1. The Labute approximate surface area is 210 Å². The van der Waals surface area contributed by atoms with Gasteiger partial charge in [0.2, 0.25) is 0 Å². The standard InChI is InChI=1S/C31H27N3O2/c35-34(36)30-14-8-7-13-24(30)21-32-25-19-28-26(22-9-3-1-4-10-22)15-17-33-18-16-27(29(20-25)31(28)33)23-11-5-2-6-12-23/h1-14,19-21,26-27H,15-18H2/t26-,27-/m0/s1. The molecule has 5 nitrogen and oxygen atoms in total. The van der Waals surface area contributed by atoms with Crippen molar-refractivity contribution in [3.63, 3.8) is 0 Å². The molecule has 5 heteroatoms. The van der Waals surface area contributed by atoms with Gasteiger partial charge < -0.3 is 4.90 Å². The Morgan fingerprint density at radius 3 is 1.86 bits per heavy atom. The molecule has 4 aromatic rings. The Balaban J connectivity index is 1.51. The van der Waals surface area contributed by atoms with Gasteiger partial charge in [0.1, 0.15) is 0 Å². The zero-order valence-electron chi connectivity index (χ0n) is 20.0. The maximum absolute atomic E-state index is 11.5. The Morgan fingerprint density at radius 1 is 0.778 bits per heavy atom. The first kappa shape index (κ1) is 22.2. The third-order valence-corrected chi connectivity index (χ3v) is 7.49. The number of para-hydroxylation sites is 1. The van der Waals surface area contributed by atoms with Crippen molar-refractivity contribution in [1.29, 1.82) is 0 Å². The highest BCUT2D eigenvalue weighted by Gasteiger charge is 2.35. The van der Waals surface area contributed by atoms with Crippen LogP contribution in [0.15, 0.2) is 102 Å². The molecular weight excluding hydrogens is 446 g/mol. The molecule has 2 atom stereocenters. The van der Waals surface area contributed by atoms with Crippen molar-refractivity contribution in [2.45, 2.75) is 24.7 Å². The van der Waals surface area contributed by atoms with Crippen molar-refractivity contribution in [1.82, 2.24) is 0 Å². The van der Waals surface area contributed by atoms with Gasteiger partial charge in [0, 0.05) is 42.9 Å². The molecule has 0 aromatic heterocycles. The van der Waals surface area contributed by atoms with E-state index in [1.807, 2.05) is 0 Å². The van der Waals surface area contributed by atoms with Crippen LogP contribution in [-0.4, -0.2) is 24.2 Å². The minimum atomic E-state index is -0.354. The third kappa shape index (κ3) is 4.07. The number of nitrogens with zero attached hydrogens (tertiary/aromatic N) is 3. The van der Waals surface area contributed by atoms with E-state index in [0.29, 0.717) is 17.4 Å². The van der Waals surface area contributed by atoms with Gasteiger partial charge in [-0.05, 0) is 53.3 Å². The smallest absolute Gasteiger partial charge is 0.278 e. The van der Waals surface area contributed by atoms with Crippen LogP contribution in [-0.2, 0) is 0 Å². The number of rotatable bonds is 5. The Morgan fingerprint density at radius 2 is 1.31 bits per heavy atom. The van der Waals surface area contributed by atoms with E-state index in [4.69, 9.17) is 4.99 Å². The monoisotopic (exact) mass is 473 g/mol. The average molecular weight is 474 g/mol. The van der Waals surface area contributed by atoms with Gasteiger partial charge in [0.05, 0.1) is 16.2 Å². The summed E-state index contributed by atoms with van der Waals surface area (Å²) in [5, 5.41) is 11.5. The number of nitro benzene ring substituents is 1. The lowest BCUT2D eigenvalue weighted by atomic mass is 9.76. The molecule has 0 radical (unpaired) electrons. The van der Waals surface area contributed by atoms with Crippen molar-refractivity contribution >= 4 is 23.3 Å². The first-order valence-corrected chi connectivity index (χ1v) is 12.5. The van der Waals surface area contributed by atoms with Gasteiger partial charge in [-0.2, -0.15) is 0 Å². The first-order chi connectivity index (χ1) is 17.7. The summed E-state index contributed by atoms with van der Waals surface area (Å²) >= 11 is 0. The van der Waals surface area contributed by atoms with E-state index in [1.165, 1.54) is 34.0 Å². The largest absolute Gasteiger partial charge is 0.371 e. The van der Waals surface area contributed by atoms with Gasteiger partial charge in [-0.1, -0.05) is 72.8 Å². The van der Waals surface area contributed by atoms with Crippen LogP contribution in [0.3, 0.4) is 0 Å². The van der Waals surface area contributed by atoms with Gasteiger partial charge in [-0.25, -0.2) is 0 Å². The van der Waals surface area contributed by atoms with E-state index >= 15 is 0 Å². The second kappa shape index (κ2) is 9.42. The summed E-state index contributed by atoms with van der Waals surface area (Å²) in [4.78, 5) is 18.5. The fourth-order valence-corrected chi connectivity index (χ4v) is 5.82. The molecule has 2 heterocycles. The summed E-state index contributed by atoms with van der Waals surface area (Å²) in [6.45, 7) is 2.08. The van der Waals surface area contributed by atoms with Crippen LogP contribution < -0.4 is 4.90 Å². The highest BCUT2D eigenvalue weighted by molar-refractivity contribution is 5.87. The van der Waals surface area contributed by atoms with E-state index in [9.17, 15) is 10.1 Å². The van der Waals surface area contributed by atoms with Crippen LogP contribution in [0.25, 0.3) is 0 Å². The van der Waals surface area contributed by atoms with Gasteiger partial charge in [0.15, 0.2) is 0 Å². The Kier molecular flexibility index (Phi) is 5.82. The summed E-state index contributed by atoms with van der Waals surface area (Å²) < 4.78 is 0. The average Bonchev–Trinajstić information content (AvgIpc) is 2.93. The van der Waals surface area contributed by atoms with E-state index < -0.39 is 0 Å². The van der Waals surface area contributed by atoms with E-state index in [2.05, 4.69) is 77.7 Å². The molecule has 0 spiro atoms. The lowest BCUT2D eigenvalue weighted by molar-refractivity contribution is -0.385. The zero-order valence-corrected chi connectivity index (χ0v) is 20.0. The van der Waals surface area contributed by atoms with E-state index in [0.717, 1.165) is 31.6 Å². The second-order valence-corrected chi connectivity index (χ2v) is 9.54. The van der Waals surface area contributed by atoms with Gasteiger partial charge in [-0.3, -0.25) is 15.1 Å². The van der Waals surface area contributed by atoms with Crippen LogP contribution in [0.5, 0.6) is 0 Å². The molecular formula is C31H27N3O2. The Hall–Kier alpha value is -4.25. The van der Waals surface area contributed by atoms with Crippen LogP contribution in [0.1, 0.15) is 52.5 Å². The van der Waals surface area contributed by atoms with Crippen molar-refractivity contribution in [2.75, 3.05) is 18.0 Å². The number of hydrogen-bond donors (Lipinski definition) is 0. The summed E-state index contributed by atoms with van der Waals surface area (Å²) in [6, 6.07) is 32.6. The number of anilines is 1. The van der Waals surface area contributed by atoms with E-state index in [-0.39, 0.29) is 10.6 Å². The van der Waals surface area contributed by atoms with Crippen LogP contribution >= 0.6 is 0 Å². The van der Waals surface area contributed by atoms with E-state index in [1.54, 1.807) is 24.4 Å². The van der Waals surface area contributed by atoms with Crippen molar-refractivity contribution < 1.29 is 4.92 Å². The number of benzene rings is 4. The normalized spacial score (nSPS) is 18.7. The minimum absolute atomic E-state index is 0.0658. The Bertz CT molecular complexity index is 1360. The summed E-state index contributed by atoms with van der Waals surface area (Å²) in [7, 11) is 0. The summed E-state index contributed by atoms with van der Waals surface area (Å²) in [5.74, 6) is 0.596. The maximum atomic E-state index is 11.5. The molecule has 0 bridgehead atoms. The molecule has 0 saturated heterocycles. The van der Waals surface area contributed by atoms with Crippen molar-refractivity contribution in [2.24, 2.45) is 4.99 Å². The predicted molar refractivity (Wildman–Crippen MR) is 145 cm³/mol. The summed E-state index contributed by atoms with van der Waals surface area (Å²) in [5.41, 5.74) is 8.01. The molecule has 0 amide bonds. The molecule has 2 aliphatic heterocycles. The van der Waals surface area contributed by atoms with Crippen molar-refractivity contribution in [3.8, 4) is 0 Å². The van der Waals surface area contributed by atoms with Crippen LogP contribution in [0.2, 0.25) is 0 Å². The lowest BCUT2D eigenvalue weighted by Gasteiger charge is -2.43. The maximum Gasteiger partial charge on any atom is 0.278 e. The number of hydrogen-bond acceptors (Lipinski definition) is 4. The molecule has 0 unspecified atom stereocenters. The highest BCUT2D eigenvalue weighted by atomic mass is 16.6. The topological polar surface area (TPSA) is 58.7 Å². The van der Waals surface area contributed by atoms with Crippen LogP contribution in [0.4, 0.5) is 17.1 Å². The fraction of sp³-hybridized carbons (Fsp3) is 0.194. The quantitative estimate of drug-likeness (QED) is 0.175.